The highest BCUT2D eigenvalue weighted by atomic mass is 19.1. The van der Waals surface area contributed by atoms with E-state index in [1.54, 1.807) is 0 Å². The van der Waals surface area contributed by atoms with E-state index in [4.69, 9.17) is 15.3 Å². The topological polar surface area (TPSA) is 90.6 Å². The number of halogens is 1. The average molecular weight is 270 g/mol. The lowest BCUT2D eigenvalue weighted by atomic mass is 10.1. The molecule has 0 aliphatic rings. The third-order valence-electron chi connectivity index (χ3n) is 2.35. The maximum absolute atomic E-state index is 13.6. The van der Waals surface area contributed by atoms with Gasteiger partial charge in [0.25, 0.3) is 5.91 Å². The largest absolute Gasteiger partial charge is 0.478 e. The van der Waals surface area contributed by atoms with Crippen molar-refractivity contribution in [1.29, 1.82) is 0 Å². The van der Waals surface area contributed by atoms with Gasteiger partial charge >= 0.3 is 0 Å². The zero-order chi connectivity index (χ0) is 14.4. The number of amides is 1. The summed E-state index contributed by atoms with van der Waals surface area (Å²) in [4.78, 5) is 22.5. The van der Waals surface area contributed by atoms with E-state index in [-0.39, 0.29) is 17.9 Å². The number of ketones is 1. The highest BCUT2D eigenvalue weighted by Gasteiger charge is 2.20. The first-order valence-corrected chi connectivity index (χ1v) is 5.46. The van der Waals surface area contributed by atoms with Crippen LogP contribution in [-0.4, -0.2) is 31.5 Å². The van der Waals surface area contributed by atoms with Gasteiger partial charge in [-0.2, -0.15) is 0 Å². The molecule has 0 spiro atoms. The van der Waals surface area contributed by atoms with Crippen LogP contribution in [0.1, 0.15) is 17.3 Å². The van der Waals surface area contributed by atoms with Crippen molar-refractivity contribution in [3.8, 4) is 5.75 Å². The van der Waals surface area contributed by atoms with E-state index in [1.165, 1.54) is 26.2 Å². The fraction of sp³-hybridized carbons (Fsp3) is 0.333. The van der Waals surface area contributed by atoms with Crippen LogP contribution in [0.3, 0.4) is 0 Å². The molecule has 0 fully saturated rings. The highest BCUT2D eigenvalue weighted by Crippen LogP contribution is 2.18. The van der Waals surface area contributed by atoms with Crippen molar-refractivity contribution < 1.29 is 23.5 Å². The second kappa shape index (κ2) is 6.81. The predicted octanol–water partition coefficient (Wildman–Crippen LogP) is 0.412. The summed E-state index contributed by atoms with van der Waals surface area (Å²) in [5, 5.41) is 0. The first-order valence-electron chi connectivity index (χ1n) is 5.46. The summed E-state index contributed by atoms with van der Waals surface area (Å²) < 4.78 is 23.6. The molecule has 1 aromatic carbocycles. The lowest BCUT2D eigenvalue weighted by Crippen LogP contribution is -2.44. The fourth-order valence-electron chi connectivity index (χ4n) is 1.43. The van der Waals surface area contributed by atoms with Gasteiger partial charge in [-0.05, 0) is 19.1 Å². The van der Waals surface area contributed by atoms with E-state index < -0.39 is 23.6 Å². The van der Waals surface area contributed by atoms with E-state index in [1.807, 2.05) is 5.43 Å². The molecule has 1 aromatic rings. The van der Waals surface area contributed by atoms with Crippen molar-refractivity contribution in [3.63, 3.8) is 0 Å². The van der Waals surface area contributed by atoms with Crippen molar-refractivity contribution in [2.45, 2.75) is 13.0 Å². The molecule has 1 atom stereocenters. The minimum absolute atomic E-state index is 0.0425. The van der Waals surface area contributed by atoms with Gasteiger partial charge in [0.05, 0.1) is 12.2 Å². The summed E-state index contributed by atoms with van der Waals surface area (Å²) in [6.45, 7) is 1.22. The van der Waals surface area contributed by atoms with Crippen LogP contribution in [0.4, 0.5) is 4.39 Å². The van der Waals surface area contributed by atoms with Crippen LogP contribution in [0.5, 0.6) is 5.75 Å². The van der Waals surface area contributed by atoms with Crippen molar-refractivity contribution in [2.75, 3.05) is 13.7 Å². The Bertz CT molecular complexity index is 479. The summed E-state index contributed by atoms with van der Waals surface area (Å²) in [6, 6.07) is 3.71. The molecule has 0 aliphatic heterocycles. The van der Waals surface area contributed by atoms with E-state index >= 15 is 0 Å². The normalized spacial score (nSPS) is 11.8. The van der Waals surface area contributed by atoms with Crippen LogP contribution in [0.15, 0.2) is 18.2 Å². The van der Waals surface area contributed by atoms with E-state index in [9.17, 15) is 14.0 Å². The van der Waals surface area contributed by atoms with E-state index in [0.717, 1.165) is 6.07 Å². The van der Waals surface area contributed by atoms with E-state index in [2.05, 4.69) is 0 Å². The molecule has 19 heavy (non-hydrogen) atoms. The smallest absolute Gasteiger partial charge is 0.277 e. The number of methoxy groups -OCH3 is 1. The van der Waals surface area contributed by atoms with Crippen LogP contribution < -0.4 is 16.0 Å². The second-order valence-electron chi connectivity index (χ2n) is 3.77. The molecule has 0 heterocycles. The number of carbonyl (C=O) groups excluding carboxylic acids is 2. The molecule has 7 heteroatoms. The van der Waals surface area contributed by atoms with Crippen molar-refractivity contribution in [2.24, 2.45) is 5.84 Å². The Morgan fingerprint density at radius 1 is 1.47 bits per heavy atom. The van der Waals surface area contributed by atoms with Crippen LogP contribution in [0.2, 0.25) is 0 Å². The number of rotatable bonds is 6. The Balaban J connectivity index is 2.88. The fourth-order valence-corrected chi connectivity index (χ4v) is 1.43. The summed E-state index contributed by atoms with van der Waals surface area (Å²) in [5.74, 6) is 3.40. The third-order valence-corrected chi connectivity index (χ3v) is 2.35. The van der Waals surface area contributed by atoms with Gasteiger partial charge in [-0.1, -0.05) is 0 Å². The second-order valence-corrected chi connectivity index (χ2v) is 3.77. The molecule has 0 saturated heterocycles. The number of ether oxygens (including phenoxy) is 2. The zero-order valence-electron chi connectivity index (χ0n) is 10.6. The third kappa shape index (κ3) is 4.01. The van der Waals surface area contributed by atoms with Gasteiger partial charge in [0.2, 0.25) is 6.10 Å². The molecule has 6 nitrogen and oxygen atoms in total. The standard InChI is InChI=1S/C12H15FN2O4/c1-7(16)9-4-3-8(5-10(9)13)19-11(6-18-2)12(17)15-14/h3-5,11H,6,14H2,1-2H3,(H,15,17). The number of hydrazine groups is 1. The summed E-state index contributed by atoms with van der Waals surface area (Å²) in [6.07, 6.45) is -1.00. The number of hydrogen-bond acceptors (Lipinski definition) is 5. The van der Waals surface area contributed by atoms with Crippen molar-refractivity contribution in [3.05, 3.63) is 29.6 Å². The molecule has 104 valence electrons. The molecule has 0 radical (unpaired) electrons. The van der Waals surface area contributed by atoms with E-state index in [0.29, 0.717) is 0 Å². The van der Waals surface area contributed by atoms with Gasteiger partial charge in [-0.25, -0.2) is 10.2 Å². The Hall–Kier alpha value is -1.99. The lowest BCUT2D eigenvalue weighted by Gasteiger charge is -2.16. The van der Waals surface area contributed by atoms with Gasteiger partial charge in [-0.15, -0.1) is 0 Å². The molecular weight excluding hydrogens is 255 g/mol. The molecule has 1 amide bonds. The Morgan fingerprint density at radius 3 is 2.63 bits per heavy atom. The van der Waals surface area contributed by atoms with Crippen LogP contribution in [0.25, 0.3) is 0 Å². The first kappa shape index (κ1) is 15.1. The summed E-state index contributed by atoms with van der Waals surface area (Å²) in [7, 11) is 1.39. The minimum Gasteiger partial charge on any atom is -0.478 e. The molecule has 3 N–H and O–H groups in total. The Morgan fingerprint density at radius 2 is 2.16 bits per heavy atom. The van der Waals surface area contributed by atoms with Crippen molar-refractivity contribution >= 4 is 11.7 Å². The Labute approximate surface area is 109 Å². The SMILES string of the molecule is COCC(Oc1ccc(C(C)=O)c(F)c1)C(=O)NN. The Kier molecular flexibility index (Phi) is 5.40. The molecular formula is C12H15FN2O4. The summed E-state index contributed by atoms with van der Waals surface area (Å²) in [5.41, 5.74) is 1.88. The monoisotopic (exact) mass is 270 g/mol. The molecule has 1 rings (SSSR count). The van der Waals surface area contributed by atoms with Crippen molar-refractivity contribution in [1.82, 2.24) is 5.43 Å². The number of nitrogens with two attached hydrogens (primary N) is 1. The quantitative estimate of drug-likeness (QED) is 0.338. The average Bonchev–Trinajstić information content (AvgIpc) is 2.37. The minimum atomic E-state index is -1.00. The maximum atomic E-state index is 13.6. The van der Waals surface area contributed by atoms with Gasteiger partial charge in [-0.3, -0.25) is 15.0 Å². The maximum Gasteiger partial charge on any atom is 0.277 e. The number of nitrogens with one attached hydrogen (secondary N) is 1. The number of carbonyl (C=O) groups is 2. The van der Waals surface area contributed by atoms with Crippen LogP contribution in [0, 0.1) is 5.82 Å². The zero-order valence-corrected chi connectivity index (χ0v) is 10.6. The molecule has 1 unspecified atom stereocenters. The number of benzene rings is 1. The molecule has 0 bridgehead atoms. The number of Topliss-reactive ketones (excluding diaryl/α,β-unsaturated/α-hetero) is 1. The van der Waals surface area contributed by atoms with Gasteiger partial charge < -0.3 is 9.47 Å². The first-order chi connectivity index (χ1) is 8.99. The van der Waals surface area contributed by atoms with Gasteiger partial charge in [0, 0.05) is 13.2 Å². The highest BCUT2D eigenvalue weighted by molar-refractivity contribution is 5.94. The van der Waals surface area contributed by atoms with Crippen LogP contribution in [-0.2, 0) is 9.53 Å². The van der Waals surface area contributed by atoms with Gasteiger partial charge in [0.1, 0.15) is 11.6 Å². The molecule has 0 aromatic heterocycles. The van der Waals surface area contributed by atoms with Gasteiger partial charge in [0.15, 0.2) is 5.78 Å². The summed E-state index contributed by atoms with van der Waals surface area (Å²) >= 11 is 0. The predicted molar refractivity (Wildman–Crippen MR) is 65.0 cm³/mol. The molecule has 0 aliphatic carbocycles. The number of hydrogen-bond donors (Lipinski definition) is 2. The molecule has 0 saturated carbocycles. The van der Waals surface area contributed by atoms with Crippen LogP contribution >= 0.6 is 0 Å². The lowest BCUT2D eigenvalue weighted by molar-refractivity contribution is -0.130.